The maximum absolute atomic E-state index is 13.1. The molecule has 1 amide bonds. The fourth-order valence-electron chi connectivity index (χ4n) is 3.28. The summed E-state index contributed by atoms with van der Waals surface area (Å²) < 4.78 is 24.1. The van der Waals surface area contributed by atoms with Crippen LogP contribution in [0.1, 0.15) is 30.1 Å². The summed E-state index contributed by atoms with van der Waals surface area (Å²) in [4.78, 5) is 12.6. The van der Waals surface area contributed by atoms with Crippen LogP contribution >= 0.6 is 0 Å². The Balaban J connectivity index is 1.40. The molecule has 1 aliphatic heterocycles. The summed E-state index contributed by atoms with van der Waals surface area (Å²) in [5.41, 5.74) is 0.867. The number of aliphatic hydroxyl groups excluding tert-OH is 1. The zero-order valence-corrected chi connectivity index (χ0v) is 14.2. The largest absolute Gasteiger partial charge is 0.486 e. The highest BCUT2D eigenvalue weighted by molar-refractivity contribution is 5.91. The molecule has 1 atom stereocenters. The van der Waals surface area contributed by atoms with E-state index in [-0.39, 0.29) is 18.3 Å². The Hall–Kier alpha value is -2.60. The summed E-state index contributed by atoms with van der Waals surface area (Å²) in [6.45, 7) is 1.08. The van der Waals surface area contributed by atoms with Crippen LogP contribution in [0.4, 0.5) is 4.39 Å². The van der Waals surface area contributed by atoms with Crippen molar-refractivity contribution < 1.29 is 23.8 Å². The third-order valence-electron chi connectivity index (χ3n) is 4.99. The van der Waals surface area contributed by atoms with Gasteiger partial charge in [0, 0.05) is 6.54 Å². The molecule has 1 aliphatic carbocycles. The van der Waals surface area contributed by atoms with Gasteiger partial charge in [0.1, 0.15) is 19.0 Å². The van der Waals surface area contributed by atoms with Gasteiger partial charge in [-0.15, -0.1) is 0 Å². The minimum atomic E-state index is -0.848. The monoisotopic (exact) mass is 357 g/mol. The van der Waals surface area contributed by atoms with Crippen molar-refractivity contribution in [1.82, 2.24) is 5.32 Å². The summed E-state index contributed by atoms with van der Waals surface area (Å²) in [7, 11) is 0. The number of fused-ring (bicyclic) bond motifs is 1. The molecule has 1 heterocycles. The van der Waals surface area contributed by atoms with Crippen LogP contribution in [-0.4, -0.2) is 30.8 Å². The van der Waals surface area contributed by atoms with E-state index in [1.165, 1.54) is 12.1 Å². The number of hydrogen-bond acceptors (Lipinski definition) is 4. The molecule has 0 radical (unpaired) electrons. The molecule has 2 N–H and O–H groups in total. The lowest BCUT2D eigenvalue weighted by Gasteiger charge is -2.21. The second-order valence-corrected chi connectivity index (χ2v) is 6.72. The van der Waals surface area contributed by atoms with E-state index in [1.807, 2.05) is 0 Å². The van der Waals surface area contributed by atoms with Crippen LogP contribution in [0.2, 0.25) is 0 Å². The van der Waals surface area contributed by atoms with Crippen LogP contribution in [0.5, 0.6) is 11.5 Å². The first-order valence-corrected chi connectivity index (χ1v) is 8.70. The average molecular weight is 357 g/mol. The predicted octanol–water partition coefficient (Wildman–Crippen LogP) is 2.48. The van der Waals surface area contributed by atoms with Gasteiger partial charge in [-0.1, -0.05) is 18.2 Å². The van der Waals surface area contributed by atoms with Crippen molar-refractivity contribution in [3.63, 3.8) is 0 Å². The normalized spacial score (nSPS) is 18.1. The molecule has 136 valence electrons. The molecule has 1 fully saturated rings. The van der Waals surface area contributed by atoms with E-state index in [9.17, 15) is 14.3 Å². The van der Waals surface area contributed by atoms with Crippen LogP contribution < -0.4 is 14.8 Å². The Morgan fingerprint density at radius 3 is 2.50 bits per heavy atom. The van der Waals surface area contributed by atoms with E-state index in [0.717, 1.165) is 18.4 Å². The molecule has 6 heteroatoms. The van der Waals surface area contributed by atoms with Crippen LogP contribution in [0, 0.1) is 5.82 Å². The lowest BCUT2D eigenvalue weighted by molar-refractivity contribution is -0.124. The quantitative estimate of drug-likeness (QED) is 0.863. The highest BCUT2D eigenvalue weighted by Crippen LogP contribution is 2.48. The van der Waals surface area contributed by atoms with Gasteiger partial charge in [0.2, 0.25) is 5.91 Å². The fraction of sp³-hybridized carbons (Fsp3) is 0.350. The molecule has 26 heavy (non-hydrogen) atoms. The lowest BCUT2D eigenvalue weighted by Crippen LogP contribution is -2.37. The van der Waals surface area contributed by atoms with Crippen LogP contribution in [0.3, 0.4) is 0 Å². The number of carbonyl (C=O) groups excluding carboxylic acids is 1. The highest BCUT2D eigenvalue weighted by Gasteiger charge is 2.51. The van der Waals surface area contributed by atoms with Gasteiger partial charge in [-0.3, -0.25) is 4.79 Å². The van der Waals surface area contributed by atoms with Crippen molar-refractivity contribution in [2.45, 2.75) is 24.4 Å². The van der Waals surface area contributed by atoms with E-state index >= 15 is 0 Å². The highest BCUT2D eigenvalue weighted by atomic mass is 19.1. The molecule has 0 aromatic heterocycles. The van der Waals surface area contributed by atoms with Gasteiger partial charge in [0.15, 0.2) is 11.5 Å². The van der Waals surface area contributed by atoms with Gasteiger partial charge in [-0.05, 0) is 48.2 Å². The Bertz CT molecular complexity index is 817. The van der Waals surface area contributed by atoms with Crippen molar-refractivity contribution in [3.05, 3.63) is 59.4 Å². The summed E-state index contributed by atoms with van der Waals surface area (Å²) >= 11 is 0. The maximum Gasteiger partial charge on any atom is 0.230 e. The van der Waals surface area contributed by atoms with Crippen molar-refractivity contribution in [1.29, 1.82) is 0 Å². The fourth-order valence-corrected chi connectivity index (χ4v) is 3.28. The van der Waals surface area contributed by atoms with Crippen molar-refractivity contribution in [2.75, 3.05) is 19.8 Å². The molecular weight excluding hydrogens is 337 g/mol. The summed E-state index contributed by atoms with van der Waals surface area (Å²) in [6.07, 6.45) is 0.605. The molecule has 0 saturated heterocycles. The van der Waals surface area contributed by atoms with Gasteiger partial charge in [0.25, 0.3) is 0 Å². The molecule has 0 bridgehead atoms. The Kier molecular flexibility index (Phi) is 4.28. The van der Waals surface area contributed by atoms with Gasteiger partial charge in [0.05, 0.1) is 11.5 Å². The molecule has 0 spiro atoms. The van der Waals surface area contributed by atoms with E-state index in [2.05, 4.69) is 5.32 Å². The third kappa shape index (κ3) is 3.12. The topological polar surface area (TPSA) is 67.8 Å². The van der Waals surface area contributed by atoms with E-state index in [1.54, 1.807) is 30.3 Å². The number of aliphatic hydroxyl groups is 1. The van der Waals surface area contributed by atoms with Crippen molar-refractivity contribution >= 4 is 5.91 Å². The Morgan fingerprint density at radius 1 is 1.12 bits per heavy atom. The van der Waals surface area contributed by atoms with Crippen LogP contribution in [-0.2, 0) is 10.2 Å². The number of rotatable bonds is 5. The first-order chi connectivity index (χ1) is 12.6. The molecule has 5 nitrogen and oxygen atoms in total. The summed E-state index contributed by atoms with van der Waals surface area (Å²) in [5, 5.41) is 13.2. The maximum atomic E-state index is 13.1. The zero-order chi connectivity index (χ0) is 18.1. The number of hydrogen-bond donors (Lipinski definition) is 2. The Morgan fingerprint density at radius 2 is 1.81 bits per heavy atom. The Labute approximate surface area is 150 Å². The van der Waals surface area contributed by atoms with Gasteiger partial charge < -0.3 is 19.9 Å². The molecular formula is C20H20FNO4. The molecule has 2 aliphatic rings. The van der Waals surface area contributed by atoms with Crippen LogP contribution in [0.15, 0.2) is 42.5 Å². The number of carbonyl (C=O) groups is 1. The standard InChI is InChI=1S/C20H20FNO4/c21-15-4-2-14(3-5-15)20(7-8-20)19(24)22-12-16(23)13-1-6-17-18(11-13)26-10-9-25-17/h1-6,11,16,23H,7-10,12H2,(H,22,24)/t16-/m0/s1. The SMILES string of the molecule is O=C(NC[C@H](O)c1ccc2c(c1)OCCO2)C1(c2ccc(F)cc2)CC1. The van der Waals surface area contributed by atoms with Crippen molar-refractivity contribution in [2.24, 2.45) is 0 Å². The minimum Gasteiger partial charge on any atom is -0.486 e. The van der Waals surface area contributed by atoms with E-state index in [0.29, 0.717) is 30.3 Å². The molecule has 2 aromatic carbocycles. The molecule has 0 unspecified atom stereocenters. The number of halogens is 1. The lowest BCUT2D eigenvalue weighted by atomic mass is 9.95. The predicted molar refractivity (Wildman–Crippen MR) is 92.7 cm³/mol. The average Bonchev–Trinajstić information content (AvgIpc) is 3.48. The van der Waals surface area contributed by atoms with E-state index < -0.39 is 11.5 Å². The molecule has 1 saturated carbocycles. The smallest absolute Gasteiger partial charge is 0.230 e. The number of ether oxygens (including phenoxy) is 2. The van der Waals surface area contributed by atoms with Gasteiger partial charge >= 0.3 is 0 Å². The first-order valence-electron chi connectivity index (χ1n) is 8.70. The van der Waals surface area contributed by atoms with Crippen molar-refractivity contribution in [3.8, 4) is 11.5 Å². The summed E-state index contributed by atoms with van der Waals surface area (Å²) in [6, 6.07) is 11.3. The summed E-state index contributed by atoms with van der Waals surface area (Å²) in [5.74, 6) is 0.799. The molecule has 2 aromatic rings. The van der Waals surface area contributed by atoms with Gasteiger partial charge in [-0.25, -0.2) is 4.39 Å². The number of amides is 1. The minimum absolute atomic E-state index is 0.0986. The second kappa shape index (κ2) is 6.61. The first kappa shape index (κ1) is 16.8. The molecule has 4 rings (SSSR count). The second-order valence-electron chi connectivity index (χ2n) is 6.72. The number of nitrogens with one attached hydrogen (secondary N) is 1. The van der Waals surface area contributed by atoms with Gasteiger partial charge in [-0.2, -0.15) is 0 Å². The zero-order valence-electron chi connectivity index (χ0n) is 14.2. The van der Waals surface area contributed by atoms with Crippen LogP contribution in [0.25, 0.3) is 0 Å². The third-order valence-corrected chi connectivity index (χ3v) is 4.99. The number of benzene rings is 2. The van der Waals surface area contributed by atoms with E-state index in [4.69, 9.17) is 9.47 Å².